The molecule has 28 heavy (non-hydrogen) atoms. The van der Waals surface area contributed by atoms with Crippen LogP contribution in [0.25, 0.3) is 0 Å². The van der Waals surface area contributed by atoms with Crippen LogP contribution in [0.2, 0.25) is 0 Å². The van der Waals surface area contributed by atoms with E-state index in [4.69, 9.17) is 4.42 Å². The van der Waals surface area contributed by atoms with E-state index >= 15 is 0 Å². The molecule has 3 rings (SSSR count). The third-order valence-electron chi connectivity index (χ3n) is 3.51. The van der Waals surface area contributed by atoms with Gasteiger partial charge in [0.2, 0.25) is 0 Å². The summed E-state index contributed by atoms with van der Waals surface area (Å²) in [6.45, 7) is 0.103. The number of anilines is 1. The molecule has 1 amide bonds. The molecule has 2 heterocycles. The molecule has 0 aliphatic carbocycles. The summed E-state index contributed by atoms with van der Waals surface area (Å²) in [6.07, 6.45) is 2.35. The first-order valence-electron chi connectivity index (χ1n) is 7.45. The Morgan fingerprint density at radius 2 is 1.79 bits per heavy atom. The summed E-state index contributed by atoms with van der Waals surface area (Å²) in [5.74, 6) is -0.216. The van der Waals surface area contributed by atoms with E-state index in [0.717, 1.165) is 6.20 Å². The lowest BCUT2D eigenvalue weighted by Gasteiger charge is -2.08. The second-order valence-electron chi connectivity index (χ2n) is 5.41. The fraction of sp³-hybridized carbons (Fsp3) is 0.0667. The molecule has 144 valence electrons. The topological polar surface area (TPSA) is 146 Å². The van der Waals surface area contributed by atoms with Crippen LogP contribution in [0.5, 0.6) is 0 Å². The van der Waals surface area contributed by atoms with Crippen LogP contribution in [0.15, 0.2) is 50.0 Å². The van der Waals surface area contributed by atoms with Crippen molar-refractivity contribution < 1.29 is 19.1 Å². The minimum absolute atomic E-state index is 0.00573. The quantitative estimate of drug-likeness (QED) is 0.384. The van der Waals surface area contributed by atoms with Crippen molar-refractivity contribution in [3.63, 3.8) is 0 Å². The van der Waals surface area contributed by atoms with Gasteiger partial charge in [-0.2, -0.15) is 5.10 Å². The second-order valence-corrected chi connectivity index (χ2v) is 7.12. The molecular weight excluding hydrogens is 506 g/mol. The van der Waals surface area contributed by atoms with Crippen molar-refractivity contribution in [1.82, 2.24) is 9.78 Å². The van der Waals surface area contributed by atoms with E-state index in [1.807, 2.05) is 0 Å². The number of carbonyl (C=O) groups is 1. The van der Waals surface area contributed by atoms with E-state index in [1.165, 1.54) is 29.1 Å². The lowest BCUT2D eigenvalue weighted by atomic mass is 10.2. The van der Waals surface area contributed by atoms with Crippen molar-refractivity contribution in [1.29, 1.82) is 0 Å². The number of nitrogens with zero attached hydrogens (tertiary/aromatic N) is 4. The average Bonchev–Trinajstić information content (AvgIpc) is 3.27. The van der Waals surface area contributed by atoms with E-state index in [-0.39, 0.29) is 23.7 Å². The van der Waals surface area contributed by atoms with Crippen LogP contribution in [-0.4, -0.2) is 25.5 Å². The number of furan rings is 1. The van der Waals surface area contributed by atoms with E-state index in [0.29, 0.717) is 20.4 Å². The first-order chi connectivity index (χ1) is 13.2. The molecule has 13 heteroatoms. The van der Waals surface area contributed by atoms with E-state index in [2.05, 4.69) is 42.3 Å². The zero-order valence-corrected chi connectivity index (χ0v) is 16.8. The molecule has 0 aliphatic heterocycles. The number of nitro groups is 2. The molecular formula is C15H9Br2N5O6. The molecule has 0 saturated carbocycles. The maximum absolute atomic E-state index is 12.4. The molecule has 1 aromatic carbocycles. The number of rotatable bonds is 6. The molecule has 3 aromatic rings. The van der Waals surface area contributed by atoms with Gasteiger partial charge in [-0.1, -0.05) is 0 Å². The Hall–Kier alpha value is -3.06. The van der Waals surface area contributed by atoms with Gasteiger partial charge in [0.05, 0.1) is 22.1 Å². The highest BCUT2D eigenvalue weighted by Crippen LogP contribution is 2.35. The fourth-order valence-electron chi connectivity index (χ4n) is 2.24. The maximum Gasteiger partial charge on any atom is 0.307 e. The predicted molar refractivity (Wildman–Crippen MR) is 103 cm³/mol. The Morgan fingerprint density at radius 3 is 2.36 bits per heavy atom. The van der Waals surface area contributed by atoms with Crippen LogP contribution in [0, 0.1) is 20.2 Å². The fourth-order valence-corrected chi connectivity index (χ4v) is 3.60. The molecule has 0 atom stereocenters. The summed E-state index contributed by atoms with van der Waals surface area (Å²) >= 11 is 6.37. The Kier molecular flexibility index (Phi) is 5.56. The number of benzene rings is 1. The summed E-state index contributed by atoms with van der Waals surface area (Å²) in [5.41, 5.74) is -0.000930. The smallest absolute Gasteiger partial charge is 0.307 e. The molecule has 0 spiro atoms. The van der Waals surface area contributed by atoms with E-state index < -0.39 is 15.8 Å². The van der Waals surface area contributed by atoms with Crippen molar-refractivity contribution in [2.75, 3.05) is 5.32 Å². The highest BCUT2D eigenvalue weighted by molar-refractivity contribution is 9.11. The van der Waals surface area contributed by atoms with Gasteiger partial charge in [-0.3, -0.25) is 29.7 Å². The average molecular weight is 515 g/mol. The van der Waals surface area contributed by atoms with Crippen LogP contribution in [-0.2, 0) is 6.54 Å². The van der Waals surface area contributed by atoms with Gasteiger partial charge in [-0.05, 0) is 44.0 Å². The first-order valence-corrected chi connectivity index (χ1v) is 9.03. The Bertz CT molecular complexity index is 1070. The number of nitro benzene ring substituents is 1. The third-order valence-corrected chi connectivity index (χ3v) is 4.76. The SMILES string of the molecule is O=C(Nc1c(Br)cc([N+](=O)[O-])cc1Br)c1ccc(Cn2cc([N+](=O)[O-])cn2)o1. The summed E-state index contributed by atoms with van der Waals surface area (Å²) in [6, 6.07) is 5.51. The van der Waals surface area contributed by atoms with Gasteiger partial charge in [0.1, 0.15) is 18.2 Å². The van der Waals surface area contributed by atoms with Crippen LogP contribution < -0.4 is 5.32 Å². The Balaban J connectivity index is 1.74. The number of nitrogens with one attached hydrogen (secondary N) is 1. The zero-order valence-electron chi connectivity index (χ0n) is 13.7. The highest BCUT2D eigenvalue weighted by Gasteiger charge is 2.19. The maximum atomic E-state index is 12.4. The molecule has 0 saturated heterocycles. The lowest BCUT2D eigenvalue weighted by Crippen LogP contribution is -2.12. The number of halogens is 2. The van der Waals surface area contributed by atoms with Crippen LogP contribution in [0.1, 0.15) is 16.3 Å². The predicted octanol–water partition coefficient (Wildman–Crippen LogP) is 4.12. The second kappa shape index (κ2) is 7.90. The number of amides is 1. The van der Waals surface area contributed by atoms with Crippen molar-refractivity contribution in [3.8, 4) is 0 Å². The number of non-ortho nitro benzene ring substituents is 1. The van der Waals surface area contributed by atoms with Crippen LogP contribution in [0.4, 0.5) is 17.1 Å². The van der Waals surface area contributed by atoms with Crippen LogP contribution in [0.3, 0.4) is 0 Å². The molecule has 0 fully saturated rings. The standard InChI is InChI=1S/C15H9Br2N5O6/c16-11-3-8(21(24)25)4-12(17)14(11)19-15(23)13-2-1-10(28-13)7-20-6-9(5-18-20)22(26)27/h1-6H,7H2,(H,19,23). The van der Waals surface area contributed by atoms with Gasteiger partial charge >= 0.3 is 5.69 Å². The lowest BCUT2D eigenvalue weighted by molar-refractivity contribution is -0.385. The number of carbonyl (C=O) groups excluding carboxylic acids is 1. The summed E-state index contributed by atoms with van der Waals surface area (Å²) in [7, 11) is 0. The van der Waals surface area contributed by atoms with Gasteiger partial charge in [0.15, 0.2) is 5.76 Å². The molecule has 2 aromatic heterocycles. The Labute approximate surface area is 172 Å². The summed E-state index contributed by atoms with van der Waals surface area (Å²) in [4.78, 5) is 32.8. The zero-order chi connectivity index (χ0) is 20.4. The highest BCUT2D eigenvalue weighted by atomic mass is 79.9. The molecule has 0 unspecified atom stereocenters. The van der Waals surface area contributed by atoms with E-state index in [1.54, 1.807) is 6.07 Å². The molecule has 0 aliphatic rings. The van der Waals surface area contributed by atoms with Gasteiger partial charge in [-0.25, -0.2) is 0 Å². The number of hydrogen-bond donors (Lipinski definition) is 1. The van der Waals surface area contributed by atoms with Crippen LogP contribution >= 0.6 is 31.9 Å². The largest absolute Gasteiger partial charge is 0.454 e. The summed E-state index contributed by atoms with van der Waals surface area (Å²) in [5, 5.41) is 28.0. The molecule has 0 bridgehead atoms. The van der Waals surface area contributed by atoms with Crippen molar-refractivity contribution in [2.45, 2.75) is 6.54 Å². The number of hydrogen-bond acceptors (Lipinski definition) is 7. The van der Waals surface area contributed by atoms with Gasteiger partial charge in [0, 0.05) is 21.1 Å². The van der Waals surface area contributed by atoms with Crippen molar-refractivity contribution in [3.05, 3.63) is 77.4 Å². The molecule has 0 radical (unpaired) electrons. The molecule has 11 nitrogen and oxygen atoms in total. The van der Waals surface area contributed by atoms with Gasteiger partial charge in [0.25, 0.3) is 11.6 Å². The third kappa shape index (κ3) is 4.26. The summed E-state index contributed by atoms with van der Waals surface area (Å²) < 4.78 is 7.39. The van der Waals surface area contributed by atoms with Gasteiger partial charge in [-0.15, -0.1) is 0 Å². The van der Waals surface area contributed by atoms with Crippen molar-refractivity contribution >= 4 is 54.8 Å². The first kappa shape index (κ1) is 19.7. The Morgan fingerprint density at radius 1 is 1.14 bits per heavy atom. The minimum Gasteiger partial charge on any atom is -0.454 e. The number of aromatic nitrogens is 2. The minimum atomic E-state index is -0.576. The van der Waals surface area contributed by atoms with Gasteiger partial charge < -0.3 is 9.73 Å². The molecule has 1 N–H and O–H groups in total. The van der Waals surface area contributed by atoms with Crippen molar-refractivity contribution in [2.24, 2.45) is 0 Å². The monoisotopic (exact) mass is 513 g/mol. The normalized spacial score (nSPS) is 10.6. The van der Waals surface area contributed by atoms with E-state index in [9.17, 15) is 25.0 Å².